The molecule has 1 fully saturated rings. The van der Waals surface area contributed by atoms with Gasteiger partial charge in [-0.2, -0.15) is 0 Å². The summed E-state index contributed by atoms with van der Waals surface area (Å²) in [5.41, 5.74) is 1.90. The molecule has 38 heavy (non-hydrogen) atoms. The number of hydrogen-bond donors (Lipinski definition) is 3. The molecule has 196 valence electrons. The number of carbonyl (C=O) groups is 1. The van der Waals surface area contributed by atoms with Gasteiger partial charge in [0.05, 0.1) is 40.3 Å². The molecule has 12 heteroatoms. The predicted molar refractivity (Wildman–Crippen MR) is 148 cm³/mol. The molecule has 5 rings (SSSR count). The Hall–Kier alpha value is -3.93. The molecule has 1 aliphatic heterocycles. The van der Waals surface area contributed by atoms with Crippen LogP contribution >= 0.6 is 11.6 Å². The molecule has 0 aliphatic carbocycles. The van der Waals surface area contributed by atoms with Gasteiger partial charge in [0.15, 0.2) is 11.6 Å². The molecule has 1 saturated heterocycles. The van der Waals surface area contributed by atoms with Crippen LogP contribution in [0.1, 0.15) is 6.42 Å². The number of rotatable bonds is 9. The number of benzene rings is 3. The van der Waals surface area contributed by atoms with Crippen molar-refractivity contribution in [2.45, 2.75) is 11.3 Å². The second-order valence-corrected chi connectivity index (χ2v) is 10.8. The minimum absolute atomic E-state index is 0.0187. The maximum Gasteiger partial charge on any atom is 0.263 e. The van der Waals surface area contributed by atoms with Crippen molar-refractivity contribution in [1.29, 1.82) is 0 Å². The van der Waals surface area contributed by atoms with Crippen LogP contribution < -0.4 is 20.1 Å². The van der Waals surface area contributed by atoms with Gasteiger partial charge in [0.1, 0.15) is 5.75 Å². The van der Waals surface area contributed by atoms with Gasteiger partial charge in [0.25, 0.3) is 10.0 Å². The van der Waals surface area contributed by atoms with E-state index in [0.717, 1.165) is 19.5 Å². The highest BCUT2D eigenvalue weighted by Gasteiger charge is 2.21. The van der Waals surface area contributed by atoms with Crippen molar-refractivity contribution < 1.29 is 17.9 Å². The predicted octanol–water partition coefficient (Wildman–Crippen LogP) is 4.48. The Kier molecular flexibility index (Phi) is 7.32. The summed E-state index contributed by atoms with van der Waals surface area (Å²) in [4.78, 5) is 23.4. The smallest absolute Gasteiger partial charge is 0.263 e. The molecule has 0 radical (unpaired) electrons. The lowest BCUT2D eigenvalue weighted by atomic mass is 10.2. The Labute approximate surface area is 225 Å². The van der Waals surface area contributed by atoms with E-state index in [4.69, 9.17) is 16.3 Å². The molecule has 3 N–H and O–H groups in total. The van der Waals surface area contributed by atoms with Crippen molar-refractivity contribution in [3.8, 4) is 5.75 Å². The van der Waals surface area contributed by atoms with Gasteiger partial charge in [-0.3, -0.25) is 14.4 Å². The molecule has 0 bridgehead atoms. The Bertz CT molecular complexity index is 1610. The zero-order valence-corrected chi connectivity index (χ0v) is 22.0. The highest BCUT2D eigenvalue weighted by Crippen LogP contribution is 2.33. The van der Waals surface area contributed by atoms with E-state index in [1.54, 1.807) is 48.5 Å². The first-order chi connectivity index (χ1) is 18.3. The summed E-state index contributed by atoms with van der Waals surface area (Å²) in [5, 5.41) is 6.22. The average Bonchev–Trinajstić information content (AvgIpc) is 2.88. The van der Waals surface area contributed by atoms with Gasteiger partial charge in [0, 0.05) is 11.8 Å². The van der Waals surface area contributed by atoms with Crippen molar-refractivity contribution in [3.05, 3.63) is 71.8 Å². The third kappa shape index (κ3) is 5.80. The fourth-order valence-electron chi connectivity index (χ4n) is 3.88. The lowest BCUT2D eigenvalue weighted by molar-refractivity contribution is -0.118. The maximum absolute atomic E-state index is 13.4. The van der Waals surface area contributed by atoms with Crippen molar-refractivity contribution in [2.75, 3.05) is 42.1 Å². The molecule has 1 aromatic heterocycles. The standard InChI is InChI=1S/C26H25ClN6O4S/c1-37-18-10-11-20(27)23(15-18)31-25-26(30-22-9-3-2-8-21(22)29-25)32-38(35,36)19-7-4-6-17(14-19)28-24(34)16-33-12-5-13-33/h2-4,6-11,14-15H,5,12-13,16H2,1H3,(H,28,34)(H,29,31)(H,30,32). The molecule has 3 aromatic carbocycles. The van der Waals surface area contributed by atoms with E-state index in [-0.39, 0.29) is 29.0 Å². The quantitative estimate of drug-likeness (QED) is 0.277. The van der Waals surface area contributed by atoms with E-state index in [0.29, 0.717) is 33.2 Å². The third-order valence-corrected chi connectivity index (χ3v) is 7.64. The molecular weight excluding hydrogens is 528 g/mol. The second-order valence-electron chi connectivity index (χ2n) is 8.69. The molecule has 0 saturated carbocycles. The lowest BCUT2D eigenvalue weighted by Gasteiger charge is -2.29. The summed E-state index contributed by atoms with van der Waals surface area (Å²) in [6.07, 6.45) is 1.07. The van der Waals surface area contributed by atoms with Crippen LogP contribution in [0.2, 0.25) is 5.02 Å². The van der Waals surface area contributed by atoms with E-state index in [2.05, 4.69) is 25.3 Å². The number of carbonyl (C=O) groups excluding carboxylic acids is 1. The number of fused-ring (bicyclic) bond motifs is 1. The van der Waals surface area contributed by atoms with Gasteiger partial charge < -0.3 is 15.4 Å². The number of aromatic nitrogens is 2. The maximum atomic E-state index is 13.4. The topological polar surface area (TPSA) is 126 Å². The number of sulfonamides is 1. The summed E-state index contributed by atoms with van der Waals surface area (Å²) >= 11 is 6.36. The molecule has 2 heterocycles. The SMILES string of the molecule is COc1ccc(Cl)c(Nc2nc3ccccc3nc2NS(=O)(=O)c2cccc(NC(=O)CN3CCC3)c2)c1. The highest BCUT2D eigenvalue weighted by molar-refractivity contribution is 7.92. The monoisotopic (exact) mass is 552 g/mol. The summed E-state index contributed by atoms with van der Waals surface area (Å²) in [7, 11) is -2.57. The fourth-order valence-corrected chi connectivity index (χ4v) is 5.10. The van der Waals surface area contributed by atoms with Crippen LogP contribution in [0.15, 0.2) is 71.6 Å². The normalized spacial score (nSPS) is 13.5. The zero-order chi connectivity index (χ0) is 26.7. The van der Waals surface area contributed by atoms with Gasteiger partial charge in [-0.05, 0) is 62.0 Å². The molecule has 10 nitrogen and oxygen atoms in total. The Morgan fingerprint density at radius 3 is 2.42 bits per heavy atom. The highest BCUT2D eigenvalue weighted by atomic mass is 35.5. The number of hydrogen-bond acceptors (Lipinski definition) is 8. The Morgan fingerprint density at radius 2 is 1.74 bits per heavy atom. The number of halogens is 1. The zero-order valence-electron chi connectivity index (χ0n) is 20.4. The van der Waals surface area contributed by atoms with Crippen LogP contribution in [0.3, 0.4) is 0 Å². The molecule has 4 aromatic rings. The number of para-hydroxylation sites is 2. The largest absolute Gasteiger partial charge is 0.497 e. The first kappa shape index (κ1) is 25.7. The fraction of sp³-hybridized carbons (Fsp3) is 0.192. The lowest BCUT2D eigenvalue weighted by Crippen LogP contribution is -2.42. The van der Waals surface area contributed by atoms with Crippen LogP contribution in [0.25, 0.3) is 11.0 Å². The van der Waals surface area contributed by atoms with E-state index in [9.17, 15) is 13.2 Å². The second kappa shape index (κ2) is 10.8. The number of anilines is 4. The number of methoxy groups -OCH3 is 1. The summed E-state index contributed by atoms with van der Waals surface area (Å²) in [6, 6.07) is 18.2. The van der Waals surface area contributed by atoms with Crippen LogP contribution in [0.4, 0.5) is 23.0 Å². The van der Waals surface area contributed by atoms with Crippen molar-refractivity contribution in [3.63, 3.8) is 0 Å². The first-order valence-corrected chi connectivity index (χ1v) is 13.7. The number of nitrogens with one attached hydrogen (secondary N) is 3. The van der Waals surface area contributed by atoms with E-state index in [1.165, 1.54) is 19.2 Å². The number of ether oxygens (including phenoxy) is 1. The summed E-state index contributed by atoms with van der Waals surface area (Å²) in [6.45, 7) is 2.04. The minimum Gasteiger partial charge on any atom is -0.497 e. The van der Waals surface area contributed by atoms with Crippen LogP contribution in [0.5, 0.6) is 5.75 Å². The summed E-state index contributed by atoms with van der Waals surface area (Å²) in [5.74, 6) is 0.492. The number of likely N-dealkylation sites (tertiary alicyclic amines) is 1. The molecule has 1 aliphatic rings. The summed E-state index contributed by atoms with van der Waals surface area (Å²) < 4.78 is 34.6. The molecule has 0 atom stereocenters. The first-order valence-electron chi connectivity index (χ1n) is 11.8. The van der Waals surface area contributed by atoms with Crippen molar-refractivity contribution in [2.24, 2.45) is 0 Å². The average molecular weight is 553 g/mol. The third-order valence-electron chi connectivity index (χ3n) is 5.97. The van der Waals surface area contributed by atoms with Crippen LogP contribution in [-0.4, -0.2) is 55.9 Å². The molecule has 0 spiro atoms. The van der Waals surface area contributed by atoms with E-state index >= 15 is 0 Å². The Morgan fingerprint density at radius 1 is 1.00 bits per heavy atom. The van der Waals surface area contributed by atoms with Crippen molar-refractivity contribution in [1.82, 2.24) is 14.9 Å². The number of nitrogens with zero attached hydrogens (tertiary/aromatic N) is 3. The van der Waals surface area contributed by atoms with Crippen LogP contribution in [0, 0.1) is 0 Å². The molecule has 0 unspecified atom stereocenters. The molecular formula is C26H25ClN6O4S. The van der Waals surface area contributed by atoms with Gasteiger partial charge in [-0.15, -0.1) is 0 Å². The number of amides is 1. The van der Waals surface area contributed by atoms with Gasteiger partial charge in [0.2, 0.25) is 5.91 Å². The minimum atomic E-state index is -4.11. The van der Waals surface area contributed by atoms with Gasteiger partial charge in [-0.1, -0.05) is 29.8 Å². The van der Waals surface area contributed by atoms with E-state index < -0.39 is 10.0 Å². The Balaban J connectivity index is 1.45. The van der Waals surface area contributed by atoms with Crippen LogP contribution in [-0.2, 0) is 14.8 Å². The van der Waals surface area contributed by atoms with Gasteiger partial charge >= 0.3 is 0 Å². The molecule has 1 amide bonds. The van der Waals surface area contributed by atoms with E-state index in [1.807, 2.05) is 11.0 Å². The van der Waals surface area contributed by atoms with Crippen molar-refractivity contribution >= 4 is 61.6 Å². The van der Waals surface area contributed by atoms with Gasteiger partial charge in [-0.25, -0.2) is 18.4 Å².